The second-order valence-electron chi connectivity index (χ2n) is 4.55. The van der Waals surface area contributed by atoms with Crippen LogP contribution < -0.4 is 5.32 Å². The first kappa shape index (κ1) is 12.9. The average molecular weight is 298 g/mol. The number of hydrogen-bond donors (Lipinski definition) is 1. The van der Waals surface area contributed by atoms with Gasteiger partial charge >= 0.3 is 0 Å². The third-order valence-electron chi connectivity index (χ3n) is 3.17. The lowest BCUT2D eigenvalue weighted by Crippen LogP contribution is -2.24. The maximum absolute atomic E-state index is 5.71. The Labute approximate surface area is 112 Å². The average Bonchev–Trinajstić information content (AvgIpc) is 2.78. The molecule has 94 valence electrons. The van der Waals surface area contributed by atoms with E-state index in [1.54, 1.807) is 0 Å². The molecule has 1 heterocycles. The molecule has 0 aliphatic heterocycles. The van der Waals surface area contributed by atoms with Gasteiger partial charge in [-0.15, -0.1) is 0 Å². The van der Waals surface area contributed by atoms with Crippen molar-refractivity contribution in [3.63, 3.8) is 0 Å². The molecule has 1 N–H and O–H groups in total. The summed E-state index contributed by atoms with van der Waals surface area (Å²) >= 11 is 3.38. The van der Waals surface area contributed by atoms with Crippen molar-refractivity contribution in [1.82, 2.24) is 5.32 Å². The molecule has 0 fully saturated rings. The summed E-state index contributed by atoms with van der Waals surface area (Å²) in [5, 5.41) is 3.59. The van der Waals surface area contributed by atoms with E-state index in [0.29, 0.717) is 0 Å². The molecule has 0 bridgehead atoms. The Morgan fingerprint density at radius 1 is 1.41 bits per heavy atom. The van der Waals surface area contributed by atoms with Crippen molar-refractivity contribution in [2.75, 3.05) is 6.54 Å². The van der Waals surface area contributed by atoms with Gasteiger partial charge in [-0.25, -0.2) is 0 Å². The molecule has 0 saturated heterocycles. The van der Waals surface area contributed by atoms with Gasteiger partial charge in [-0.2, -0.15) is 0 Å². The van der Waals surface area contributed by atoms with Crippen LogP contribution in [0, 0.1) is 0 Å². The highest BCUT2D eigenvalue weighted by Crippen LogP contribution is 2.31. The van der Waals surface area contributed by atoms with Crippen LogP contribution in [0.15, 0.2) is 32.9 Å². The number of nitrogens with one attached hydrogen (secondary N) is 1. The number of rotatable bonds is 5. The quantitative estimate of drug-likeness (QED) is 0.805. The Kier molecular flexibility index (Phi) is 4.86. The Hall–Kier alpha value is -0.540. The molecule has 1 aliphatic carbocycles. The van der Waals surface area contributed by atoms with Gasteiger partial charge in [-0.1, -0.05) is 13.0 Å². The highest BCUT2D eigenvalue weighted by atomic mass is 79.9. The molecule has 3 heteroatoms. The van der Waals surface area contributed by atoms with Gasteiger partial charge in [-0.05, 0) is 72.3 Å². The molecule has 0 saturated carbocycles. The van der Waals surface area contributed by atoms with Gasteiger partial charge in [-0.3, -0.25) is 0 Å². The van der Waals surface area contributed by atoms with E-state index >= 15 is 0 Å². The molecule has 1 aromatic heterocycles. The first-order chi connectivity index (χ1) is 8.31. The molecule has 1 aliphatic rings. The van der Waals surface area contributed by atoms with Crippen LogP contribution in [0.2, 0.25) is 0 Å². The molecular formula is C14H20BrNO. The fraction of sp³-hybridized carbons (Fsp3) is 0.571. The van der Waals surface area contributed by atoms with Crippen LogP contribution in [-0.4, -0.2) is 6.54 Å². The largest absolute Gasteiger partial charge is 0.452 e. The lowest BCUT2D eigenvalue weighted by Gasteiger charge is -2.22. The fourth-order valence-corrected chi connectivity index (χ4v) is 2.63. The molecule has 2 rings (SSSR count). The predicted octanol–water partition coefficient (Wildman–Crippen LogP) is 4.58. The van der Waals surface area contributed by atoms with Crippen LogP contribution in [0.25, 0.3) is 0 Å². The van der Waals surface area contributed by atoms with E-state index in [1.807, 2.05) is 6.07 Å². The van der Waals surface area contributed by atoms with Crippen molar-refractivity contribution in [2.45, 2.75) is 45.1 Å². The second-order valence-corrected chi connectivity index (χ2v) is 5.34. The molecule has 0 amide bonds. The van der Waals surface area contributed by atoms with Crippen molar-refractivity contribution in [3.8, 4) is 0 Å². The van der Waals surface area contributed by atoms with Crippen molar-refractivity contribution >= 4 is 15.9 Å². The van der Waals surface area contributed by atoms with Gasteiger partial charge in [0.05, 0.1) is 6.04 Å². The molecule has 1 unspecified atom stereocenters. The van der Waals surface area contributed by atoms with E-state index in [2.05, 4.69) is 40.3 Å². The minimum absolute atomic E-state index is 0.265. The minimum Gasteiger partial charge on any atom is -0.452 e. The summed E-state index contributed by atoms with van der Waals surface area (Å²) in [5.74, 6) is 1.03. The summed E-state index contributed by atoms with van der Waals surface area (Å²) < 4.78 is 6.52. The van der Waals surface area contributed by atoms with Gasteiger partial charge in [0.2, 0.25) is 0 Å². The Bertz CT molecular complexity index is 383. The third-order valence-corrected chi connectivity index (χ3v) is 3.60. The van der Waals surface area contributed by atoms with E-state index in [1.165, 1.54) is 31.3 Å². The monoisotopic (exact) mass is 297 g/mol. The normalized spacial score (nSPS) is 17.9. The zero-order valence-electron chi connectivity index (χ0n) is 10.3. The van der Waals surface area contributed by atoms with E-state index in [-0.39, 0.29) is 6.04 Å². The van der Waals surface area contributed by atoms with Crippen molar-refractivity contribution in [1.29, 1.82) is 0 Å². The summed E-state index contributed by atoms with van der Waals surface area (Å²) in [6.45, 7) is 3.22. The Morgan fingerprint density at radius 2 is 2.29 bits per heavy atom. The summed E-state index contributed by atoms with van der Waals surface area (Å²) in [7, 11) is 0. The smallest absolute Gasteiger partial charge is 0.169 e. The molecule has 0 radical (unpaired) electrons. The van der Waals surface area contributed by atoms with Gasteiger partial charge < -0.3 is 9.73 Å². The first-order valence-corrected chi connectivity index (χ1v) is 7.28. The van der Waals surface area contributed by atoms with Crippen LogP contribution in [0.4, 0.5) is 0 Å². The van der Waals surface area contributed by atoms with E-state index in [4.69, 9.17) is 4.42 Å². The maximum atomic E-state index is 5.71. The molecule has 2 nitrogen and oxygen atoms in total. The fourth-order valence-electron chi connectivity index (χ4n) is 2.31. The van der Waals surface area contributed by atoms with E-state index in [0.717, 1.165) is 23.4 Å². The van der Waals surface area contributed by atoms with Gasteiger partial charge in [0.15, 0.2) is 4.67 Å². The van der Waals surface area contributed by atoms with Gasteiger partial charge in [0.25, 0.3) is 0 Å². The minimum atomic E-state index is 0.265. The van der Waals surface area contributed by atoms with Crippen molar-refractivity contribution < 1.29 is 4.42 Å². The summed E-state index contributed by atoms with van der Waals surface area (Å²) in [6, 6.07) is 4.30. The number of hydrogen-bond acceptors (Lipinski definition) is 2. The first-order valence-electron chi connectivity index (χ1n) is 6.49. The van der Waals surface area contributed by atoms with Crippen molar-refractivity contribution in [2.24, 2.45) is 0 Å². The SMILES string of the molecule is CCCNC(C1=CCCCC1)c1ccc(Br)o1. The highest BCUT2D eigenvalue weighted by Gasteiger charge is 2.20. The van der Waals surface area contributed by atoms with Crippen LogP contribution in [-0.2, 0) is 0 Å². The highest BCUT2D eigenvalue weighted by molar-refractivity contribution is 9.10. The van der Waals surface area contributed by atoms with Gasteiger partial charge in [0, 0.05) is 0 Å². The van der Waals surface area contributed by atoms with Gasteiger partial charge in [0.1, 0.15) is 5.76 Å². The van der Waals surface area contributed by atoms with Crippen LogP contribution >= 0.6 is 15.9 Å². The standard InChI is InChI=1S/C14H20BrNO/c1-2-10-16-14(11-6-4-3-5-7-11)12-8-9-13(15)17-12/h6,8-9,14,16H,2-5,7,10H2,1H3. The molecule has 1 atom stereocenters. The summed E-state index contributed by atoms with van der Waals surface area (Å²) in [5.41, 5.74) is 1.49. The number of halogens is 1. The summed E-state index contributed by atoms with van der Waals surface area (Å²) in [4.78, 5) is 0. The second kappa shape index (κ2) is 6.41. The topological polar surface area (TPSA) is 25.2 Å². The molecule has 0 aromatic carbocycles. The summed E-state index contributed by atoms with van der Waals surface area (Å²) in [6.07, 6.45) is 8.56. The number of furan rings is 1. The molecule has 17 heavy (non-hydrogen) atoms. The molecule has 1 aromatic rings. The molecular weight excluding hydrogens is 278 g/mol. The maximum Gasteiger partial charge on any atom is 0.169 e. The van der Waals surface area contributed by atoms with Crippen LogP contribution in [0.1, 0.15) is 50.8 Å². The lowest BCUT2D eigenvalue weighted by atomic mass is 9.92. The van der Waals surface area contributed by atoms with Crippen LogP contribution in [0.3, 0.4) is 0 Å². The molecule has 0 spiro atoms. The number of allylic oxidation sites excluding steroid dienone is 1. The third kappa shape index (κ3) is 3.46. The van der Waals surface area contributed by atoms with Crippen molar-refractivity contribution in [3.05, 3.63) is 34.2 Å². The van der Waals surface area contributed by atoms with E-state index < -0.39 is 0 Å². The zero-order chi connectivity index (χ0) is 12.1. The van der Waals surface area contributed by atoms with E-state index in [9.17, 15) is 0 Å². The Morgan fingerprint density at radius 3 is 2.88 bits per heavy atom. The van der Waals surface area contributed by atoms with Crippen LogP contribution in [0.5, 0.6) is 0 Å². The Balaban J connectivity index is 2.15. The zero-order valence-corrected chi connectivity index (χ0v) is 11.9. The predicted molar refractivity (Wildman–Crippen MR) is 74.0 cm³/mol. The lowest BCUT2D eigenvalue weighted by molar-refractivity contribution is 0.419.